The van der Waals surface area contributed by atoms with Gasteiger partial charge in [-0.2, -0.15) is 4.31 Å². The normalized spacial score (nSPS) is 15.4. The van der Waals surface area contributed by atoms with Crippen LogP contribution in [0.1, 0.15) is 35.1 Å². The van der Waals surface area contributed by atoms with E-state index < -0.39 is 27.8 Å². The van der Waals surface area contributed by atoms with E-state index in [0.29, 0.717) is 23.4 Å². The summed E-state index contributed by atoms with van der Waals surface area (Å²) in [5.41, 5.74) is 4.04. The van der Waals surface area contributed by atoms with Crippen LogP contribution in [0, 0.1) is 33.6 Å². The molecule has 0 atom stereocenters. The molecule has 1 amide bonds. The molecule has 1 heterocycles. The highest BCUT2D eigenvalue weighted by Crippen LogP contribution is 2.31. The van der Waals surface area contributed by atoms with E-state index in [2.05, 4.69) is 5.32 Å². The van der Waals surface area contributed by atoms with Crippen LogP contribution in [-0.4, -0.2) is 44.3 Å². The number of benzene rings is 2. The van der Waals surface area contributed by atoms with Crippen molar-refractivity contribution in [3.05, 3.63) is 58.7 Å². The number of piperidine rings is 1. The quantitative estimate of drug-likeness (QED) is 0.669. The van der Waals surface area contributed by atoms with E-state index in [1.54, 1.807) is 24.3 Å². The summed E-state index contributed by atoms with van der Waals surface area (Å²) < 4.78 is 33.3. The number of carbonyl (C=O) groups excluding carboxylic acids is 2. The Morgan fingerprint density at radius 1 is 1.00 bits per heavy atom. The monoisotopic (exact) mass is 458 g/mol. The summed E-state index contributed by atoms with van der Waals surface area (Å²) in [5.74, 6) is -1.30. The lowest BCUT2D eigenvalue weighted by Gasteiger charge is -2.31. The second-order valence-electron chi connectivity index (χ2n) is 8.29. The minimum atomic E-state index is -3.66. The van der Waals surface area contributed by atoms with Gasteiger partial charge in [0, 0.05) is 18.8 Å². The molecule has 7 nitrogen and oxygen atoms in total. The second kappa shape index (κ2) is 9.83. The number of nitrogens with one attached hydrogen (secondary N) is 1. The van der Waals surface area contributed by atoms with Crippen molar-refractivity contribution in [1.82, 2.24) is 4.31 Å². The maximum atomic E-state index is 13.4. The third-order valence-electron chi connectivity index (χ3n) is 6.09. The van der Waals surface area contributed by atoms with Gasteiger partial charge in [0.15, 0.2) is 6.61 Å². The Labute approximate surface area is 189 Å². The van der Waals surface area contributed by atoms with Crippen LogP contribution in [0.2, 0.25) is 0 Å². The molecular weight excluding hydrogens is 428 g/mol. The van der Waals surface area contributed by atoms with Gasteiger partial charge in [-0.25, -0.2) is 8.42 Å². The van der Waals surface area contributed by atoms with Gasteiger partial charge in [-0.3, -0.25) is 9.59 Å². The summed E-state index contributed by atoms with van der Waals surface area (Å²) in [7, 11) is -3.66. The van der Waals surface area contributed by atoms with Gasteiger partial charge in [-0.1, -0.05) is 24.3 Å². The van der Waals surface area contributed by atoms with Crippen LogP contribution < -0.4 is 5.32 Å². The van der Waals surface area contributed by atoms with Crippen LogP contribution in [0.5, 0.6) is 0 Å². The highest BCUT2D eigenvalue weighted by Gasteiger charge is 2.35. The van der Waals surface area contributed by atoms with Gasteiger partial charge in [0.25, 0.3) is 5.91 Å². The summed E-state index contributed by atoms with van der Waals surface area (Å²) in [5, 5.41) is 2.66. The molecule has 0 radical (unpaired) electrons. The molecule has 32 heavy (non-hydrogen) atoms. The van der Waals surface area contributed by atoms with Crippen LogP contribution in [0.25, 0.3) is 0 Å². The Morgan fingerprint density at radius 2 is 1.56 bits per heavy atom. The Hall–Kier alpha value is -2.71. The number of sulfonamides is 1. The van der Waals surface area contributed by atoms with Crippen molar-refractivity contribution in [2.45, 2.75) is 45.4 Å². The first-order chi connectivity index (χ1) is 15.1. The largest absolute Gasteiger partial charge is 0.455 e. The molecule has 0 aliphatic carbocycles. The number of amides is 1. The Bertz CT molecular complexity index is 1080. The summed E-state index contributed by atoms with van der Waals surface area (Å²) in [4.78, 5) is 24.8. The second-order valence-corrected chi connectivity index (χ2v) is 10.2. The molecule has 1 saturated heterocycles. The molecule has 1 N–H and O–H groups in total. The topological polar surface area (TPSA) is 92.8 Å². The van der Waals surface area contributed by atoms with Crippen molar-refractivity contribution < 1.29 is 22.7 Å². The molecule has 3 rings (SSSR count). The Balaban J connectivity index is 1.58. The highest BCUT2D eigenvalue weighted by molar-refractivity contribution is 7.89. The van der Waals surface area contributed by atoms with Crippen LogP contribution in [0.4, 0.5) is 5.69 Å². The lowest BCUT2D eigenvalue weighted by Crippen LogP contribution is -2.41. The standard InChI is InChI=1S/C24H30N2O5S/c1-16-14-17(2)19(4)23(18(16)3)32(29,30)26-12-10-20(11-13-26)24(28)31-15-22(27)25-21-8-6-5-7-9-21/h5-9,14,20H,10-13,15H2,1-4H3,(H,25,27). The molecule has 0 unspecified atom stereocenters. The molecule has 1 fully saturated rings. The molecule has 0 aromatic heterocycles. The number of ether oxygens (including phenoxy) is 1. The van der Waals surface area contributed by atoms with Crippen molar-refractivity contribution in [2.24, 2.45) is 5.92 Å². The fraction of sp³-hybridized carbons (Fsp3) is 0.417. The zero-order valence-corrected chi connectivity index (χ0v) is 19.8. The van der Waals surface area contributed by atoms with Crippen molar-refractivity contribution >= 4 is 27.6 Å². The summed E-state index contributed by atoms with van der Waals surface area (Å²) in [6.45, 7) is 7.61. The third kappa shape index (κ3) is 5.19. The van der Waals surface area contributed by atoms with E-state index in [9.17, 15) is 18.0 Å². The minimum Gasteiger partial charge on any atom is -0.455 e. The summed E-state index contributed by atoms with van der Waals surface area (Å²) in [6, 6.07) is 10.9. The van der Waals surface area contributed by atoms with Crippen LogP contribution >= 0.6 is 0 Å². The molecule has 1 aliphatic heterocycles. The third-order valence-corrected chi connectivity index (χ3v) is 8.26. The number of esters is 1. The van der Waals surface area contributed by atoms with Gasteiger partial charge in [-0.05, 0) is 74.9 Å². The van der Waals surface area contributed by atoms with Gasteiger partial charge in [0.2, 0.25) is 10.0 Å². The SMILES string of the molecule is Cc1cc(C)c(C)c(S(=O)(=O)N2CCC(C(=O)OCC(=O)Nc3ccccc3)CC2)c1C. The lowest BCUT2D eigenvalue weighted by atomic mass is 9.98. The molecule has 172 valence electrons. The molecule has 0 bridgehead atoms. The van der Waals surface area contributed by atoms with E-state index in [-0.39, 0.29) is 19.7 Å². The van der Waals surface area contributed by atoms with E-state index in [1.165, 1.54) is 4.31 Å². The number of para-hydroxylation sites is 1. The zero-order valence-electron chi connectivity index (χ0n) is 19.0. The number of carbonyl (C=O) groups is 2. The predicted molar refractivity (Wildman–Crippen MR) is 123 cm³/mol. The number of anilines is 1. The van der Waals surface area contributed by atoms with E-state index in [0.717, 1.165) is 22.3 Å². The Morgan fingerprint density at radius 3 is 2.12 bits per heavy atom. The molecular formula is C24H30N2O5S. The summed E-state index contributed by atoms with van der Waals surface area (Å²) in [6.07, 6.45) is 0.725. The first-order valence-electron chi connectivity index (χ1n) is 10.7. The molecule has 2 aromatic carbocycles. The number of aryl methyl sites for hydroxylation is 2. The maximum Gasteiger partial charge on any atom is 0.309 e. The zero-order chi connectivity index (χ0) is 23.5. The first-order valence-corrected chi connectivity index (χ1v) is 12.1. The minimum absolute atomic E-state index is 0.240. The number of rotatable bonds is 6. The molecule has 1 aliphatic rings. The molecule has 0 spiro atoms. The average molecular weight is 459 g/mol. The van der Waals surface area contributed by atoms with Crippen molar-refractivity contribution in [2.75, 3.05) is 25.0 Å². The van der Waals surface area contributed by atoms with Crippen molar-refractivity contribution in [1.29, 1.82) is 0 Å². The molecule has 8 heteroatoms. The summed E-state index contributed by atoms with van der Waals surface area (Å²) >= 11 is 0. The van der Waals surface area contributed by atoms with Crippen LogP contribution in [0.3, 0.4) is 0 Å². The van der Waals surface area contributed by atoms with Gasteiger partial charge >= 0.3 is 5.97 Å². The average Bonchev–Trinajstić information content (AvgIpc) is 2.77. The molecule has 0 saturated carbocycles. The van der Waals surface area contributed by atoms with Gasteiger partial charge < -0.3 is 10.1 Å². The fourth-order valence-corrected chi connectivity index (χ4v) is 6.05. The lowest BCUT2D eigenvalue weighted by molar-refractivity contribution is -0.152. The maximum absolute atomic E-state index is 13.4. The van der Waals surface area contributed by atoms with Crippen molar-refractivity contribution in [3.8, 4) is 0 Å². The predicted octanol–water partition coefficient (Wildman–Crippen LogP) is 3.50. The van der Waals surface area contributed by atoms with E-state index in [4.69, 9.17) is 4.74 Å². The fourth-order valence-electron chi connectivity index (χ4n) is 4.00. The number of hydrogen-bond acceptors (Lipinski definition) is 5. The van der Waals surface area contributed by atoms with Gasteiger partial charge in [-0.15, -0.1) is 0 Å². The van der Waals surface area contributed by atoms with Crippen molar-refractivity contribution in [3.63, 3.8) is 0 Å². The smallest absolute Gasteiger partial charge is 0.309 e. The van der Waals surface area contributed by atoms with Gasteiger partial charge in [0.05, 0.1) is 10.8 Å². The Kier molecular flexibility index (Phi) is 7.36. The van der Waals surface area contributed by atoms with Gasteiger partial charge in [0.1, 0.15) is 0 Å². The molecule has 2 aromatic rings. The van der Waals surface area contributed by atoms with E-state index in [1.807, 2.05) is 39.8 Å². The van der Waals surface area contributed by atoms with Crippen LogP contribution in [0.15, 0.2) is 41.3 Å². The first kappa shape index (κ1) is 23.9. The van der Waals surface area contributed by atoms with Crippen LogP contribution in [-0.2, 0) is 24.3 Å². The number of nitrogens with zero attached hydrogens (tertiary/aromatic N) is 1. The van der Waals surface area contributed by atoms with E-state index >= 15 is 0 Å². The highest BCUT2D eigenvalue weighted by atomic mass is 32.2. The number of hydrogen-bond donors (Lipinski definition) is 1.